The van der Waals surface area contributed by atoms with E-state index in [1.165, 1.54) is 0 Å². The second-order valence-corrected chi connectivity index (χ2v) is 9.24. The number of nitrogens with zero attached hydrogens (tertiary/aromatic N) is 6. The van der Waals surface area contributed by atoms with Crippen LogP contribution < -0.4 is 0 Å². The lowest BCUT2D eigenvalue weighted by molar-refractivity contribution is 0.117. The van der Waals surface area contributed by atoms with E-state index >= 15 is 0 Å². The lowest BCUT2D eigenvalue weighted by Crippen LogP contribution is -2.31. The van der Waals surface area contributed by atoms with Crippen LogP contribution in [0.15, 0.2) is 85.3 Å². The molecular weight excluding hydrogens is 483 g/mol. The fourth-order valence-corrected chi connectivity index (χ4v) is 4.87. The lowest BCUT2D eigenvalue weighted by atomic mass is 9.83. The van der Waals surface area contributed by atoms with Gasteiger partial charge < -0.3 is 9.67 Å². The first-order chi connectivity index (χ1) is 16.9. The van der Waals surface area contributed by atoms with Crippen LogP contribution in [-0.4, -0.2) is 34.7 Å². The highest BCUT2D eigenvalue weighted by Gasteiger charge is 2.36. The molecule has 0 aliphatic heterocycles. The number of imidazole rings is 1. The van der Waals surface area contributed by atoms with Gasteiger partial charge in [-0.25, -0.2) is 4.98 Å². The normalized spacial score (nSPS) is 13.4. The van der Waals surface area contributed by atoms with Crippen molar-refractivity contribution in [2.45, 2.75) is 5.60 Å². The number of halogens is 2. The summed E-state index contributed by atoms with van der Waals surface area (Å²) < 4.78 is 3.50. The molecule has 0 aliphatic carbocycles. The monoisotopic (exact) mass is 500 g/mol. The van der Waals surface area contributed by atoms with Crippen molar-refractivity contribution in [1.29, 1.82) is 0 Å². The Bertz CT molecular complexity index is 1710. The van der Waals surface area contributed by atoms with E-state index in [0.29, 0.717) is 32.5 Å². The first-order valence-electron chi connectivity index (χ1n) is 10.8. The summed E-state index contributed by atoms with van der Waals surface area (Å²) >= 11 is 12.4. The van der Waals surface area contributed by atoms with Crippen molar-refractivity contribution in [3.8, 4) is 11.1 Å². The third kappa shape index (κ3) is 3.47. The van der Waals surface area contributed by atoms with Crippen molar-refractivity contribution in [3.63, 3.8) is 0 Å². The first kappa shape index (κ1) is 21.7. The predicted molar refractivity (Wildman–Crippen MR) is 135 cm³/mol. The van der Waals surface area contributed by atoms with Gasteiger partial charge >= 0.3 is 0 Å². The summed E-state index contributed by atoms with van der Waals surface area (Å²) in [6.07, 6.45) is 3.33. The number of aryl methyl sites for hydroxylation is 1. The molecule has 6 aromatic rings. The molecule has 0 saturated heterocycles. The van der Waals surface area contributed by atoms with Crippen LogP contribution in [0.25, 0.3) is 27.7 Å². The van der Waals surface area contributed by atoms with Crippen LogP contribution in [-0.2, 0) is 12.6 Å². The molecule has 0 aliphatic rings. The van der Waals surface area contributed by atoms with E-state index in [1.807, 2.05) is 67.7 Å². The zero-order valence-corrected chi connectivity index (χ0v) is 20.0. The van der Waals surface area contributed by atoms with Gasteiger partial charge in [-0.05, 0) is 69.6 Å². The maximum atomic E-state index is 12.3. The van der Waals surface area contributed by atoms with Gasteiger partial charge in [-0.1, -0.05) is 53.5 Å². The van der Waals surface area contributed by atoms with Crippen molar-refractivity contribution < 1.29 is 5.11 Å². The van der Waals surface area contributed by atoms with E-state index in [9.17, 15) is 5.11 Å². The molecule has 1 N–H and O–H groups in total. The molecule has 0 saturated carbocycles. The summed E-state index contributed by atoms with van der Waals surface area (Å²) in [5.74, 6) is 0. The third-order valence-corrected chi connectivity index (χ3v) is 6.76. The molecule has 0 bridgehead atoms. The average Bonchev–Trinajstić information content (AvgIpc) is 3.53. The number of benzene rings is 3. The van der Waals surface area contributed by atoms with E-state index in [2.05, 4.69) is 20.5 Å². The van der Waals surface area contributed by atoms with Crippen LogP contribution in [0.1, 0.15) is 16.8 Å². The largest absolute Gasteiger partial charge is 0.374 e. The second kappa shape index (κ2) is 8.16. The highest BCUT2D eigenvalue weighted by molar-refractivity contribution is 6.31. The van der Waals surface area contributed by atoms with Crippen LogP contribution >= 0.6 is 23.2 Å². The fraction of sp³-hybridized carbons (Fsp3) is 0.0769. The number of aliphatic hydroxyl groups is 1. The summed E-state index contributed by atoms with van der Waals surface area (Å²) in [7, 11) is 1.85. The molecule has 9 heteroatoms. The highest BCUT2D eigenvalue weighted by Crippen LogP contribution is 2.39. The summed E-state index contributed by atoms with van der Waals surface area (Å²) in [5.41, 5.74) is 3.63. The molecule has 3 heterocycles. The van der Waals surface area contributed by atoms with Gasteiger partial charge in [0.25, 0.3) is 0 Å². The van der Waals surface area contributed by atoms with Crippen molar-refractivity contribution in [1.82, 2.24) is 29.6 Å². The number of pyridine rings is 1. The average molecular weight is 501 g/mol. The Balaban J connectivity index is 1.63. The van der Waals surface area contributed by atoms with Crippen molar-refractivity contribution in [2.24, 2.45) is 7.05 Å². The van der Waals surface area contributed by atoms with Crippen LogP contribution in [0.3, 0.4) is 0 Å². The Morgan fingerprint density at radius 1 is 0.886 bits per heavy atom. The molecule has 1 unspecified atom stereocenters. The highest BCUT2D eigenvalue weighted by atomic mass is 35.5. The summed E-state index contributed by atoms with van der Waals surface area (Å²) in [5, 5.41) is 26.7. The SMILES string of the molecule is Cn1cncc1C(O)(c1ccc(Cl)cc1)c1ccc2c(c1)cc(-c1cccc(Cl)c1)c1nnnn12. The number of fused-ring (bicyclic) bond motifs is 3. The first-order valence-corrected chi connectivity index (χ1v) is 11.6. The smallest absolute Gasteiger partial charge is 0.187 e. The molecule has 35 heavy (non-hydrogen) atoms. The van der Waals surface area contributed by atoms with Crippen LogP contribution in [0.4, 0.5) is 0 Å². The lowest BCUT2D eigenvalue weighted by Gasteiger charge is -2.30. The molecule has 0 amide bonds. The van der Waals surface area contributed by atoms with Crippen LogP contribution in [0.2, 0.25) is 10.0 Å². The Labute approximate surface area is 210 Å². The molecule has 0 fully saturated rings. The van der Waals surface area contributed by atoms with E-state index in [4.69, 9.17) is 23.2 Å². The maximum Gasteiger partial charge on any atom is 0.187 e. The van der Waals surface area contributed by atoms with Crippen molar-refractivity contribution in [2.75, 3.05) is 0 Å². The maximum absolute atomic E-state index is 12.3. The Hall–Kier alpha value is -3.78. The quantitative estimate of drug-likeness (QED) is 0.356. The zero-order valence-electron chi connectivity index (χ0n) is 18.5. The van der Waals surface area contributed by atoms with Crippen LogP contribution in [0, 0.1) is 0 Å². The molecule has 0 radical (unpaired) electrons. The van der Waals surface area contributed by atoms with E-state index in [0.717, 1.165) is 22.0 Å². The molecule has 3 aromatic carbocycles. The van der Waals surface area contributed by atoms with E-state index < -0.39 is 5.60 Å². The molecule has 3 aromatic heterocycles. The van der Waals surface area contributed by atoms with Gasteiger partial charge in [0, 0.05) is 28.0 Å². The molecule has 6 rings (SSSR count). The fourth-order valence-electron chi connectivity index (χ4n) is 4.55. The van der Waals surface area contributed by atoms with E-state index in [-0.39, 0.29) is 0 Å². The van der Waals surface area contributed by atoms with Crippen molar-refractivity contribution in [3.05, 3.63) is 112 Å². The van der Waals surface area contributed by atoms with Crippen molar-refractivity contribution >= 4 is 39.8 Å². The van der Waals surface area contributed by atoms with E-state index in [1.54, 1.807) is 33.7 Å². The molecule has 172 valence electrons. The summed E-state index contributed by atoms with van der Waals surface area (Å²) in [6, 6.07) is 22.5. The zero-order chi connectivity index (χ0) is 24.2. The Morgan fingerprint density at radius 3 is 2.43 bits per heavy atom. The molecule has 0 spiro atoms. The topological polar surface area (TPSA) is 81.1 Å². The molecular formula is C26H18Cl2N6O. The van der Waals surface area contributed by atoms with Gasteiger partial charge in [0.05, 0.1) is 23.7 Å². The third-order valence-electron chi connectivity index (χ3n) is 6.27. The summed E-state index contributed by atoms with van der Waals surface area (Å²) in [4.78, 5) is 4.25. The number of hydrogen-bond donors (Lipinski definition) is 1. The predicted octanol–water partition coefficient (Wildman–Crippen LogP) is 5.27. The van der Waals surface area contributed by atoms with Gasteiger partial charge in [-0.3, -0.25) is 0 Å². The number of tetrazole rings is 1. The van der Waals surface area contributed by atoms with Gasteiger partial charge in [0.2, 0.25) is 0 Å². The number of hydrogen-bond acceptors (Lipinski definition) is 5. The Kier molecular flexibility index (Phi) is 5.07. The van der Waals surface area contributed by atoms with Gasteiger partial charge in [0.15, 0.2) is 11.2 Å². The van der Waals surface area contributed by atoms with Gasteiger partial charge in [-0.2, -0.15) is 4.52 Å². The number of aromatic nitrogens is 6. The molecule has 7 nitrogen and oxygen atoms in total. The standard InChI is InChI=1S/C26H18Cl2N6O/c1-33-15-29-14-24(33)26(35,18-5-8-20(27)9-6-18)19-7-10-23-17(11-19)13-22(25-30-31-32-34(23)25)16-3-2-4-21(28)12-16/h2-15,35H,1H3. The van der Waals surface area contributed by atoms with Gasteiger partial charge in [0.1, 0.15) is 0 Å². The Morgan fingerprint density at radius 2 is 1.69 bits per heavy atom. The summed E-state index contributed by atoms with van der Waals surface area (Å²) in [6.45, 7) is 0. The minimum absolute atomic E-state index is 0.590. The number of rotatable bonds is 4. The minimum Gasteiger partial charge on any atom is -0.374 e. The molecule has 1 atom stereocenters. The van der Waals surface area contributed by atoms with Gasteiger partial charge in [-0.15, -0.1) is 5.10 Å². The van der Waals surface area contributed by atoms with Crippen LogP contribution in [0.5, 0.6) is 0 Å². The second-order valence-electron chi connectivity index (χ2n) is 8.36. The minimum atomic E-state index is -1.48.